The number of fused-ring (bicyclic) bond motifs is 1. The quantitative estimate of drug-likeness (QED) is 0.929. The van der Waals surface area contributed by atoms with E-state index in [-0.39, 0.29) is 11.9 Å². The van der Waals surface area contributed by atoms with Gasteiger partial charge in [-0.3, -0.25) is 9.69 Å². The Morgan fingerprint density at radius 1 is 1.26 bits per heavy atom. The van der Waals surface area contributed by atoms with E-state index in [9.17, 15) is 4.79 Å². The Hall–Kier alpha value is -1.39. The average Bonchev–Trinajstić information content (AvgIpc) is 2.84. The van der Waals surface area contributed by atoms with Gasteiger partial charge in [0.2, 0.25) is 5.91 Å². The second-order valence-electron chi connectivity index (χ2n) is 7.31. The number of morpholine rings is 1. The summed E-state index contributed by atoms with van der Waals surface area (Å²) in [7, 11) is 0. The van der Waals surface area contributed by atoms with Crippen LogP contribution in [0.5, 0.6) is 0 Å². The molecule has 0 saturated carbocycles. The van der Waals surface area contributed by atoms with Gasteiger partial charge in [-0.05, 0) is 50.8 Å². The van der Waals surface area contributed by atoms with E-state index in [4.69, 9.17) is 4.74 Å². The van der Waals surface area contributed by atoms with Gasteiger partial charge in [-0.1, -0.05) is 17.7 Å². The van der Waals surface area contributed by atoms with Crippen LogP contribution < -0.4 is 5.32 Å². The Bertz CT molecular complexity index is 576. The smallest absolute Gasteiger partial charge is 0.224 e. The Morgan fingerprint density at radius 3 is 2.65 bits per heavy atom. The molecule has 2 heterocycles. The molecule has 4 heteroatoms. The molecule has 0 spiro atoms. The Morgan fingerprint density at radius 2 is 1.96 bits per heavy atom. The van der Waals surface area contributed by atoms with E-state index in [0.717, 1.165) is 26.1 Å². The lowest BCUT2D eigenvalue weighted by Gasteiger charge is -2.33. The summed E-state index contributed by atoms with van der Waals surface area (Å²) in [5.74, 6) is 0.138. The van der Waals surface area contributed by atoms with E-state index in [1.807, 2.05) is 0 Å². The molecule has 23 heavy (non-hydrogen) atoms. The van der Waals surface area contributed by atoms with Crippen LogP contribution in [0, 0.1) is 20.8 Å². The predicted octanol–water partition coefficient (Wildman–Crippen LogP) is 2.13. The predicted molar refractivity (Wildman–Crippen MR) is 91.7 cm³/mol. The molecule has 1 aromatic rings. The van der Waals surface area contributed by atoms with Gasteiger partial charge in [0.25, 0.3) is 0 Å². The highest BCUT2D eigenvalue weighted by molar-refractivity contribution is 5.79. The zero-order chi connectivity index (χ0) is 16.6. The van der Waals surface area contributed by atoms with E-state index < -0.39 is 0 Å². The van der Waals surface area contributed by atoms with Crippen molar-refractivity contribution in [3.05, 3.63) is 34.4 Å². The van der Waals surface area contributed by atoms with E-state index in [2.05, 4.69) is 50.0 Å². The number of carbonyl (C=O) groups is 1. The monoisotopic (exact) mass is 316 g/mol. The summed E-state index contributed by atoms with van der Waals surface area (Å²) in [6.45, 7) is 11.1. The molecule has 2 aliphatic rings. The molecule has 0 aromatic heterocycles. The van der Waals surface area contributed by atoms with Gasteiger partial charge < -0.3 is 10.1 Å². The number of benzene rings is 1. The van der Waals surface area contributed by atoms with Crippen molar-refractivity contribution in [1.29, 1.82) is 0 Å². The summed E-state index contributed by atoms with van der Waals surface area (Å²) in [5, 5.41) is 3.23. The number of hydrogen-bond donors (Lipinski definition) is 1. The van der Waals surface area contributed by atoms with E-state index >= 15 is 0 Å². The van der Waals surface area contributed by atoms with Gasteiger partial charge in [0.1, 0.15) is 0 Å². The van der Waals surface area contributed by atoms with Crippen LogP contribution in [0.25, 0.3) is 0 Å². The van der Waals surface area contributed by atoms with Crippen molar-refractivity contribution in [3.8, 4) is 0 Å². The average molecular weight is 316 g/mol. The topological polar surface area (TPSA) is 41.6 Å². The summed E-state index contributed by atoms with van der Waals surface area (Å²) < 4.78 is 5.73. The first-order valence-electron chi connectivity index (χ1n) is 8.64. The summed E-state index contributed by atoms with van der Waals surface area (Å²) in [4.78, 5) is 14.9. The van der Waals surface area contributed by atoms with Crippen LogP contribution in [0.1, 0.15) is 35.6 Å². The molecule has 0 unspecified atom stereocenters. The maximum atomic E-state index is 12.5. The SMILES string of the molecule is Cc1cc(C)c(CC(=O)N[C@@H]2C[C@H]3CO[C@@H](C)CN3C2)c(C)c1. The molecule has 1 N–H and O–H groups in total. The lowest BCUT2D eigenvalue weighted by atomic mass is 9.97. The minimum atomic E-state index is 0.138. The van der Waals surface area contributed by atoms with Crippen molar-refractivity contribution in [2.75, 3.05) is 19.7 Å². The summed E-state index contributed by atoms with van der Waals surface area (Å²) in [6, 6.07) is 5.04. The van der Waals surface area contributed by atoms with Gasteiger partial charge in [-0.2, -0.15) is 0 Å². The molecule has 2 saturated heterocycles. The van der Waals surface area contributed by atoms with Crippen LogP contribution in [0.3, 0.4) is 0 Å². The first-order valence-corrected chi connectivity index (χ1v) is 8.64. The zero-order valence-corrected chi connectivity index (χ0v) is 14.7. The van der Waals surface area contributed by atoms with Gasteiger partial charge in [-0.15, -0.1) is 0 Å². The molecule has 1 aromatic carbocycles. The van der Waals surface area contributed by atoms with Gasteiger partial charge in [0.15, 0.2) is 0 Å². The van der Waals surface area contributed by atoms with Crippen molar-refractivity contribution in [1.82, 2.24) is 10.2 Å². The molecule has 0 aliphatic carbocycles. The largest absolute Gasteiger partial charge is 0.376 e. The molecule has 1 amide bonds. The number of rotatable bonds is 3. The van der Waals surface area contributed by atoms with Crippen molar-refractivity contribution < 1.29 is 9.53 Å². The first kappa shape index (κ1) is 16.5. The van der Waals surface area contributed by atoms with E-state index in [0.29, 0.717) is 18.6 Å². The van der Waals surface area contributed by atoms with Gasteiger partial charge in [0, 0.05) is 25.2 Å². The summed E-state index contributed by atoms with van der Waals surface area (Å²) in [6.07, 6.45) is 1.79. The minimum absolute atomic E-state index is 0.138. The normalized spacial score (nSPS) is 27.7. The molecular weight excluding hydrogens is 288 g/mol. The van der Waals surface area contributed by atoms with Crippen LogP contribution >= 0.6 is 0 Å². The van der Waals surface area contributed by atoms with Crippen LogP contribution in [0.4, 0.5) is 0 Å². The lowest BCUT2D eigenvalue weighted by Crippen LogP contribution is -2.45. The molecule has 3 rings (SSSR count). The first-order chi connectivity index (χ1) is 10.9. The van der Waals surface area contributed by atoms with Gasteiger partial charge >= 0.3 is 0 Å². The number of carbonyl (C=O) groups excluding carboxylic acids is 1. The minimum Gasteiger partial charge on any atom is -0.376 e. The van der Waals surface area contributed by atoms with E-state index in [1.54, 1.807) is 0 Å². The molecular formula is C19H28N2O2. The summed E-state index contributed by atoms with van der Waals surface area (Å²) >= 11 is 0. The van der Waals surface area contributed by atoms with Crippen molar-refractivity contribution >= 4 is 5.91 Å². The molecule has 0 bridgehead atoms. The third-order valence-corrected chi connectivity index (χ3v) is 5.14. The van der Waals surface area contributed by atoms with Crippen molar-refractivity contribution in [2.24, 2.45) is 0 Å². The Kier molecular flexibility index (Phi) is 4.74. The van der Waals surface area contributed by atoms with Crippen LogP contribution in [-0.4, -0.2) is 48.7 Å². The highest BCUT2D eigenvalue weighted by Gasteiger charge is 2.36. The van der Waals surface area contributed by atoms with Gasteiger partial charge in [0.05, 0.1) is 19.1 Å². The third-order valence-electron chi connectivity index (χ3n) is 5.14. The van der Waals surface area contributed by atoms with Gasteiger partial charge in [-0.25, -0.2) is 0 Å². The summed E-state index contributed by atoms with van der Waals surface area (Å²) in [5.41, 5.74) is 4.85. The van der Waals surface area contributed by atoms with Crippen LogP contribution in [0.15, 0.2) is 12.1 Å². The lowest BCUT2D eigenvalue weighted by molar-refractivity contribution is -0.121. The van der Waals surface area contributed by atoms with Crippen LogP contribution in [-0.2, 0) is 16.0 Å². The highest BCUT2D eigenvalue weighted by Crippen LogP contribution is 2.23. The number of amides is 1. The van der Waals surface area contributed by atoms with Crippen LogP contribution in [0.2, 0.25) is 0 Å². The van der Waals surface area contributed by atoms with E-state index in [1.165, 1.54) is 22.3 Å². The second-order valence-corrected chi connectivity index (χ2v) is 7.31. The molecule has 4 nitrogen and oxygen atoms in total. The number of ether oxygens (including phenoxy) is 1. The number of aryl methyl sites for hydroxylation is 3. The molecule has 126 valence electrons. The fourth-order valence-corrected chi connectivity index (χ4v) is 4.07. The third kappa shape index (κ3) is 3.75. The molecule has 0 radical (unpaired) electrons. The maximum Gasteiger partial charge on any atom is 0.224 e. The highest BCUT2D eigenvalue weighted by atomic mass is 16.5. The fraction of sp³-hybridized carbons (Fsp3) is 0.632. The molecule has 2 fully saturated rings. The molecule has 2 aliphatic heterocycles. The second kappa shape index (κ2) is 6.62. The number of hydrogen-bond acceptors (Lipinski definition) is 3. The standard InChI is InChI=1S/C19H28N2O2/c1-12-5-13(2)18(14(3)6-12)8-19(22)20-16-7-17-11-23-15(4)9-21(17)10-16/h5-6,15-17H,7-11H2,1-4H3,(H,20,22)/t15-,16+,17-/m0/s1. The Labute approximate surface area is 139 Å². The van der Waals surface area contributed by atoms with Crippen molar-refractivity contribution in [2.45, 2.75) is 58.7 Å². The van der Waals surface area contributed by atoms with Crippen molar-refractivity contribution in [3.63, 3.8) is 0 Å². The Balaban J connectivity index is 1.58. The zero-order valence-electron chi connectivity index (χ0n) is 14.7. The number of nitrogens with one attached hydrogen (secondary N) is 1. The fourth-order valence-electron chi connectivity index (χ4n) is 4.07. The maximum absolute atomic E-state index is 12.5. The molecule has 3 atom stereocenters. The number of nitrogens with zero attached hydrogens (tertiary/aromatic N) is 1.